The Hall–Kier alpha value is 0.137. The van der Waals surface area contributed by atoms with Crippen LogP contribution in [0.5, 0.6) is 0 Å². The van der Waals surface area contributed by atoms with Gasteiger partial charge in [-0.3, -0.25) is 0 Å². The summed E-state index contributed by atoms with van der Waals surface area (Å²) in [6.45, 7) is 6.46. The normalized spacial score (nSPS) is 36.0. The first kappa shape index (κ1) is 10.6. The zero-order chi connectivity index (χ0) is 10.4. The Balaban J connectivity index is 2.00. The second-order valence-corrected chi connectivity index (χ2v) is 10.4. The molecular formula is C11H22O2Si. The molecule has 1 spiro atoms. The highest BCUT2D eigenvalue weighted by molar-refractivity contribution is 6.69. The first-order chi connectivity index (χ1) is 6.37. The Labute approximate surface area is 87.8 Å². The van der Waals surface area contributed by atoms with E-state index in [9.17, 15) is 5.11 Å². The predicted molar refractivity (Wildman–Crippen MR) is 59.5 cm³/mol. The van der Waals surface area contributed by atoms with Gasteiger partial charge in [-0.05, 0) is 32.5 Å². The molecular weight excluding hydrogens is 192 g/mol. The summed E-state index contributed by atoms with van der Waals surface area (Å²) in [5, 5.41) is 10.4. The summed E-state index contributed by atoms with van der Waals surface area (Å²) in [7, 11) is -1.59. The van der Waals surface area contributed by atoms with E-state index in [0.717, 1.165) is 6.42 Å². The van der Waals surface area contributed by atoms with E-state index in [1.54, 1.807) is 0 Å². The molecule has 2 saturated carbocycles. The lowest BCUT2D eigenvalue weighted by molar-refractivity contribution is -0.0941. The number of hydrogen-bond donors (Lipinski definition) is 1. The minimum Gasteiger partial charge on any atom is -0.390 e. The molecule has 0 heterocycles. The third-order valence-corrected chi connectivity index (χ3v) is 4.52. The van der Waals surface area contributed by atoms with Gasteiger partial charge in [0.25, 0.3) is 0 Å². The van der Waals surface area contributed by atoms with Crippen LogP contribution in [0.2, 0.25) is 19.6 Å². The van der Waals surface area contributed by atoms with Crippen molar-refractivity contribution < 1.29 is 9.53 Å². The Morgan fingerprint density at radius 2 is 1.64 bits per heavy atom. The predicted octanol–water partition coefficient (Wildman–Crippen LogP) is 2.88. The lowest BCUT2D eigenvalue weighted by Gasteiger charge is -2.30. The lowest BCUT2D eigenvalue weighted by atomic mass is 9.85. The molecule has 0 aromatic rings. The molecule has 0 bridgehead atoms. The second-order valence-electron chi connectivity index (χ2n) is 6.02. The van der Waals surface area contributed by atoms with Crippen molar-refractivity contribution in [2.45, 2.75) is 64.0 Å². The van der Waals surface area contributed by atoms with Gasteiger partial charge in [0.2, 0.25) is 0 Å². The van der Waals surface area contributed by atoms with Gasteiger partial charge < -0.3 is 9.53 Å². The van der Waals surface area contributed by atoms with Crippen LogP contribution in [-0.4, -0.2) is 19.2 Å². The zero-order valence-electron chi connectivity index (χ0n) is 9.60. The summed E-state index contributed by atoms with van der Waals surface area (Å²) in [6, 6.07) is 0. The molecule has 2 rings (SSSR count). The fourth-order valence-corrected chi connectivity index (χ4v) is 4.16. The molecule has 0 amide bonds. The average molecular weight is 214 g/mol. The van der Waals surface area contributed by atoms with Crippen molar-refractivity contribution in [3.05, 3.63) is 0 Å². The molecule has 3 heteroatoms. The smallest absolute Gasteiger partial charge is 0.187 e. The van der Waals surface area contributed by atoms with E-state index in [1.165, 1.54) is 32.1 Å². The van der Waals surface area contributed by atoms with Crippen molar-refractivity contribution >= 4 is 8.32 Å². The minimum atomic E-state index is -1.59. The molecule has 1 N–H and O–H groups in total. The number of hydrogen-bond acceptors (Lipinski definition) is 2. The van der Waals surface area contributed by atoms with E-state index in [1.807, 2.05) is 0 Å². The van der Waals surface area contributed by atoms with Gasteiger partial charge in [-0.2, -0.15) is 0 Å². The molecule has 14 heavy (non-hydrogen) atoms. The molecule has 1 unspecified atom stereocenters. The summed E-state index contributed by atoms with van der Waals surface area (Å²) >= 11 is 0. The van der Waals surface area contributed by atoms with Crippen LogP contribution in [-0.2, 0) is 4.43 Å². The van der Waals surface area contributed by atoms with Gasteiger partial charge in [-0.1, -0.05) is 19.3 Å². The fraction of sp³-hybridized carbons (Fsp3) is 1.00. The highest BCUT2D eigenvalue weighted by atomic mass is 28.4. The van der Waals surface area contributed by atoms with Crippen LogP contribution < -0.4 is 0 Å². The largest absolute Gasteiger partial charge is 0.390 e. The van der Waals surface area contributed by atoms with Gasteiger partial charge in [-0.15, -0.1) is 0 Å². The first-order valence-corrected chi connectivity index (χ1v) is 9.20. The van der Waals surface area contributed by atoms with E-state index in [4.69, 9.17) is 4.43 Å². The van der Waals surface area contributed by atoms with Crippen LogP contribution in [0, 0.1) is 5.41 Å². The molecule has 2 aliphatic carbocycles. The maximum Gasteiger partial charge on any atom is 0.187 e. The lowest BCUT2D eigenvalue weighted by Crippen LogP contribution is -2.37. The fourth-order valence-electron chi connectivity index (χ4n) is 2.86. The summed E-state index contributed by atoms with van der Waals surface area (Å²) in [5.74, 6) is -0.738. The van der Waals surface area contributed by atoms with E-state index in [-0.39, 0.29) is 5.41 Å². The summed E-state index contributed by atoms with van der Waals surface area (Å²) < 4.78 is 5.92. The first-order valence-electron chi connectivity index (χ1n) is 5.80. The Kier molecular flexibility index (Phi) is 2.33. The van der Waals surface area contributed by atoms with Crippen LogP contribution in [0.3, 0.4) is 0 Å². The van der Waals surface area contributed by atoms with E-state index < -0.39 is 14.1 Å². The maximum absolute atomic E-state index is 10.4. The molecule has 0 aromatic carbocycles. The molecule has 0 saturated heterocycles. The Morgan fingerprint density at radius 3 is 2.14 bits per heavy atom. The van der Waals surface area contributed by atoms with Crippen molar-refractivity contribution in [3.63, 3.8) is 0 Å². The average Bonchev–Trinajstić information content (AvgIpc) is 2.51. The summed E-state index contributed by atoms with van der Waals surface area (Å²) in [6.07, 6.45) is 7.13. The standard InChI is InChI=1S/C11H22O2Si/c1-14(2,3)13-11(12)9-10(11)7-5-4-6-8-10/h12H,4-9H2,1-3H3. The van der Waals surface area contributed by atoms with Crippen molar-refractivity contribution in [2.24, 2.45) is 5.41 Å². The van der Waals surface area contributed by atoms with Crippen LogP contribution in [0.25, 0.3) is 0 Å². The van der Waals surface area contributed by atoms with Gasteiger partial charge in [0, 0.05) is 11.8 Å². The summed E-state index contributed by atoms with van der Waals surface area (Å²) in [4.78, 5) is 0. The highest BCUT2D eigenvalue weighted by Crippen LogP contribution is 2.65. The van der Waals surface area contributed by atoms with E-state index >= 15 is 0 Å². The topological polar surface area (TPSA) is 29.5 Å². The molecule has 2 nitrogen and oxygen atoms in total. The zero-order valence-corrected chi connectivity index (χ0v) is 10.6. The third-order valence-electron chi connectivity index (χ3n) is 3.57. The van der Waals surface area contributed by atoms with Crippen molar-refractivity contribution in [3.8, 4) is 0 Å². The highest BCUT2D eigenvalue weighted by Gasteiger charge is 2.68. The quantitative estimate of drug-likeness (QED) is 0.566. The molecule has 1 atom stereocenters. The van der Waals surface area contributed by atoms with Crippen molar-refractivity contribution in [1.29, 1.82) is 0 Å². The molecule has 2 fully saturated rings. The van der Waals surface area contributed by atoms with E-state index in [2.05, 4.69) is 19.6 Å². The third kappa shape index (κ3) is 1.77. The van der Waals surface area contributed by atoms with E-state index in [0.29, 0.717) is 0 Å². The SMILES string of the molecule is C[Si](C)(C)OC1(O)CC12CCCCC2. The van der Waals surface area contributed by atoms with Gasteiger partial charge in [0.1, 0.15) is 0 Å². The monoisotopic (exact) mass is 214 g/mol. The van der Waals surface area contributed by atoms with Crippen LogP contribution in [0.15, 0.2) is 0 Å². The molecule has 0 aliphatic heterocycles. The van der Waals surface area contributed by atoms with Crippen LogP contribution >= 0.6 is 0 Å². The molecule has 0 radical (unpaired) electrons. The Morgan fingerprint density at radius 1 is 1.07 bits per heavy atom. The molecule has 0 aromatic heterocycles. The van der Waals surface area contributed by atoms with Crippen LogP contribution in [0.1, 0.15) is 38.5 Å². The minimum absolute atomic E-state index is 0.158. The van der Waals surface area contributed by atoms with Gasteiger partial charge in [0.05, 0.1) is 0 Å². The van der Waals surface area contributed by atoms with Gasteiger partial charge in [0.15, 0.2) is 14.1 Å². The maximum atomic E-state index is 10.4. The van der Waals surface area contributed by atoms with Crippen LogP contribution in [0.4, 0.5) is 0 Å². The van der Waals surface area contributed by atoms with Crippen molar-refractivity contribution in [1.82, 2.24) is 0 Å². The van der Waals surface area contributed by atoms with Gasteiger partial charge >= 0.3 is 0 Å². The number of rotatable bonds is 2. The number of aliphatic hydroxyl groups is 1. The van der Waals surface area contributed by atoms with Gasteiger partial charge in [-0.25, -0.2) is 0 Å². The molecule has 82 valence electrons. The summed E-state index contributed by atoms with van der Waals surface area (Å²) in [5.41, 5.74) is 0.158. The molecule has 2 aliphatic rings. The van der Waals surface area contributed by atoms with Crippen molar-refractivity contribution in [2.75, 3.05) is 0 Å². The second kappa shape index (κ2) is 3.06. The Bertz CT molecular complexity index is 228.